The van der Waals surface area contributed by atoms with Crippen LogP contribution in [0.25, 0.3) is 0 Å². The van der Waals surface area contributed by atoms with Crippen LogP contribution in [-0.4, -0.2) is 49.4 Å². The molecule has 0 aromatic heterocycles. The second kappa shape index (κ2) is 6.42. The summed E-state index contributed by atoms with van der Waals surface area (Å²) in [7, 11) is 6.26. The summed E-state index contributed by atoms with van der Waals surface area (Å²) < 4.78 is 5.88. The lowest BCUT2D eigenvalue weighted by Gasteiger charge is -2.22. The summed E-state index contributed by atoms with van der Waals surface area (Å²) in [6.45, 7) is 3.03. The second-order valence-corrected chi connectivity index (χ2v) is 4.39. The van der Waals surface area contributed by atoms with E-state index in [-0.39, 0.29) is 10.6 Å². The summed E-state index contributed by atoms with van der Waals surface area (Å²) in [6.07, 6.45) is 0. The Bertz CT molecular complexity index is 133. The minimum atomic E-state index is 0. The van der Waals surface area contributed by atoms with Crippen molar-refractivity contribution in [3.8, 4) is 0 Å². The fourth-order valence-corrected chi connectivity index (χ4v) is 0.760. The number of nitrogens with zero attached hydrogens (tertiary/aromatic N) is 1. The zero-order chi connectivity index (χ0) is 8.91. The van der Waals surface area contributed by atoms with Gasteiger partial charge in [-0.2, -0.15) is 0 Å². The van der Waals surface area contributed by atoms with Gasteiger partial charge in [-0.3, -0.25) is 4.79 Å². The Labute approximate surface area is 78.0 Å². The van der Waals surface area contributed by atoms with Crippen LogP contribution in [0, 0.1) is 0 Å². The first-order chi connectivity index (χ1) is 4.92. The highest BCUT2D eigenvalue weighted by molar-refractivity contribution is 8.09. The van der Waals surface area contributed by atoms with Crippen LogP contribution >= 0.6 is 12.0 Å². The second-order valence-electron chi connectivity index (χ2n) is 3.41. The Kier molecular flexibility index (Phi) is 7.72. The van der Waals surface area contributed by atoms with E-state index in [4.69, 9.17) is 4.18 Å². The summed E-state index contributed by atoms with van der Waals surface area (Å²) in [4.78, 5) is 10.4. The first-order valence-electron chi connectivity index (χ1n) is 3.52. The number of carbonyl (C=O) groups is 1. The van der Waals surface area contributed by atoms with Crippen molar-refractivity contribution in [3.63, 3.8) is 0 Å². The van der Waals surface area contributed by atoms with Gasteiger partial charge in [-0.1, -0.05) is 0 Å². The fourth-order valence-electron chi connectivity index (χ4n) is 0.436. The minimum Gasteiger partial charge on any atom is -0.870 e. The maximum atomic E-state index is 10.4. The van der Waals surface area contributed by atoms with Crippen LogP contribution in [0.4, 0.5) is 0 Å². The Morgan fingerprint density at radius 3 is 2.25 bits per heavy atom. The lowest BCUT2D eigenvalue weighted by molar-refractivity contribution is -0.870. The standard InChI is InChI=1S/C7H16NO2S.H2O/c1-7(9)11-10-6-5-8(2,3)4;/h5-6H2,1-4H3;1H2/q+1;/p-1. The minimum absolute atomic E-state index is 0. The van der Waals surface area contributed by atoms with E-state index in [1.807, 2.05) is 0 Å². The van der Waals surface area contributed by atoms with Crippen molar-refractivity contribution in [2.24, 2.45) is 0 Å². The van der Waals surface area contributed by atoms with Crippen molar-refractivity contribution < 1.29 is 18.9 Å². The van der Waals surface area contributed by atoms with E-state index in [2.05, 4.69) is 21.1 Å². The van der Waals surface area contributed by atoms with Gasteiger partial charge in [-0.15, -0.1) is 0 Å². The van der Waals surface area contributed by atoms with Gasteiger partial charge in [-0.25, -0.2) is 0 Å². The summed E-state index contributed by atoms with van der Waals surface area (Å²) in [5.74, 6) is 0. The number of rotatable bonds is 4. The van der Waals surface area contributed by atoms with Gasteiger partial charge in [-0.05, 0) is 0 Å². The molecule has 0 radical (unpaired) electrons. The van der Waals surface area contributed by atoms with Crippen LogP contribution in [0.5, 0.6) is 0 Å². The van der Waals surface area contributed by atoms with Crippen molar-refractivity contribution in [1.82, 2.24) is 0 Å². The molecule has 1 N–H and O–H groups in total. The molecular weight excluding hydrogens is 178 g/mol. The highest BCUT2D eigenvalue weighted by Gasteiger charge is 2.06. The average Bonchev–Trinajstić information content (AvgIpc) is 1.78. The summed E-state index contributed by atoms with van der Waals surface area (Å²) in [6, 6.07) is 0. The number of hydrogen-bond donors (Lipinski definition) is 0. The van der Waals surface area contributed by atoms with Crippen molar-refractivity contribution in [2.75, 3.05) is 34.3 Å². The van der Waals surface area contributed by atoms with E-state index in [1.54, 1.807) is 0 Å². The molecule has 0 rings (SSSR count). The molecule has 0 saturated heterocycles. The summed E-state index contributed by atoms with van der Waals surface area (Å²) in [5, 5.41) is 0.00593. The molecule has 0 bridgehead atoms. The van der Waals surface area contributed by atoms with E-state index in [1.165, 1.54) is 6.92 Å². The first kappa shape index (κ1) is 14.4. The summed E-state index contributed by atoms with van der Waals surface area (Å²) >= 11 is 0.923. The topological polar surface area (TPSA) is 56.3 Å². The van der Waals surface area contributed by atoms with Gasteiger partial charge in [0.15, 0.2) is 0 Å². The van der Waals surface area contributed by atoms with Crippen molar-refractivity contribution in [2.45, 2.75) is 6.92 Å². The zero-order valence-electron chi connectivity index (χ0n) is 8.03. The van der Waals surface area contributed by atoms with Gasteiger partial charge in [0.2, 0.25) is 5.12 Å². The molecular formula is C7H17NO3S. The molecule has 0 saturated carbocycles. The van der Waals surface area contributed by atoms with E-state index < -0.39 is 0 Å². The molecule has 0 aliphatic carbocycles. The molecule has 0 aliphatic heterocycles. The zero-order valence-corrected chi connectivity index (χ0v) is 8.85. The molecule has 0 aromatic carbocycles. The Hall–Kier alpha value is -0.100. The normalized spacial score (nSPS) is 10.7. The first-order valence-corrected chi connectivity index (χ1v) is 4.26. The molecule has 12 heavy (non-hydrogen) atoms. The molecule has 4 nitrogen and oxygen atoms in total. The molecule has 5 heteroatoms. The lowest BCUT2D eigenvalue weighted by atomic mass is 10.5. The van der Waals surface area contributed by atoms with Crippen molar-refractivity contribution in [1.29, 1.82) is 0 Å². The maximum Gasteiger partial charge on any atom is 0.212 e. The lowest BCUT2D eigenvalue weighted by Crippen LogP contribution is -2.37. The monoisotopic (exact) mass is 195 g/mol. The summed E-state index contributed by atoms with van der Waals surface area (Å²) in [5.41, 5.74) is 0. The fraction of sp³-hybridized carbons (Fsp3) is 0.857. The van der Waals surface area contributed by atoms with Crippen LogP contribution in [0.15, 0.2) is 0 Å². The van der Waals surface area contributed by atoms with Crippen LogP contribution in [0.3, 0.4) is 0 Å². The Balaban J connectivity index is 0. The quantitative estimate of drug-likeness (QED) is 0.377. The van der Waals surface area contributed by atoms with Gasteiger partial charge in [0.25, 0.3) is 0 Å². The Morgan fingerprint density at radius 2 is 1.92 bits per heavy atom. The molecule has 74 valence electrons. The molecule has 0 aliphatic rings. The third-order valence-electron chi connectivity index (χ3n) is 1.02. The van der Waals surface area contributed by atoms with E-state index in [9.17, 15) is 4.79 Å². The van der Waals surface area contributed by atoms with Gasteiger partial charge in [0, 0.05) is 6.92 Å². The SMILES string of the molecule is CC(=O)SOCC[N+](C)(C)C.[OH-]. The molecule has 0 fully saturated rings. The van der Waals surface area contributed by atoms with E-state index >= 15 is 0 Å². The molecule has 0 atom stereocenters. The van der Waals surface area contributed by atoms with Crippen LogP contribution < -0.4 is 0 Å². The third-order valence-corrected chi connectivity index (χ3v) is 1.54. The average molecular weight is 195 g/mol. The molecule has 0 unspecified atom stereocenters. The maximum absolute atomic E-state index is 10.4. The highest BCUT2D eigenvalue weighted by atomic mass is 32.2. The number of hydrogen-bond acceptors (Lipinski definition) is 4. The van der Waals surface area contributed by atoms with Gasteiger partial charge in [0.1, 0.15) is 13.2 Å². The predicted octanol–water partition coefficient (Wildman–Crippen LogP) is 0.727. The van der Waals surface area contributed by atoms with Crippen LogP contribution in [0.1, 0.15) is 6.92 Å². The van der Waals surface area contributed by atoms with E-state index in [0.29, 0.717) is 6.61 Å². The third kappa shape index (κ3) is 12.6. The number of likely N-dealkylation sites (N-methyl/N-ethyl adjacent to an activating group) is 1. The van der Waals surface area contributed by atoms with Gasteiger partial charge >= 0.3 is 0 Å². The van der Waals surface area contributed by atoms with Crippen molar-refractivity contribution >= 4 is 17.2 Å². The Morgan fingerprint density at radius 1 is 1.42 bits per heavy atom. The molecule has 0 spiro atoms. The predicted molar refractivity (Wildman–Crippen MR) is 49.1 cm³/mol. The van der Waals surface area contributed by atoms with Crippen LogP contribution in [0.2, 0.25) is 0 Å². The van der Waals surface area contributed by atoms with Crippen LogP contribution in [-0.2, 0) is 8.98 Å². The highest BCUT2D eigenvalue weighted by Crippen LogP contribution is 2.03. The number of quaternary nitrogens is 1. The van der Waals surface area contributed by atoms with Gasteiger partial charge in [0.05, 0.1) is 33.2 Å². The number of carbonyl (C=O) groups excluding carboxylic acids is 1. The molecule has 0 amide bonds. The molecule has 0 aromatic rings. The van der Waals surface area contributed by atoms with Gasteiger partial charge < -0.3 is 14.1 Å². The largest absolute Gasteiger partial charge is 0.870 e. The van der Waals surface area contributed by atoms with Crippen molar-refractivity contribution in [3.05, 3.63) is 0 Å². The smallest absolute Gasteiger partial charge is 0.212 e. The van der Waals surface area contributed by atoms with E-state index in [0.717, 1.165) is 23.1 Å². The molecule has 0 heterocycles.